The molecule has 0 saturated carbocycles. The lowest BCUT2D eigenvalue weighted by Crippen LogP contribution is -2.25. The van der Waals surface area contributed by atoms with Crippen molar-refractivity contribution in [3.63, 3.8) is 0 Å². The van der Waals surface area contributed by atoms with E-state index in [0.29, 0.717) is 17.3 Å². The van der Waals surface area contributed by atoms with Crippen LogP contribution in [-0.2, 0) is 0 Å². The molecule has 0 aromatic carbocycles. The van der Waals surface area contributed by atoms with Crippen LogP contribution in [0.25, 0.3) is 0 Å². The van der Waals surface area contributed by atoms with Crippen LogP contribution in [0.1, 0.15) is 16.9 Å². The Kier molecular flexibility index (Phi) is 4.90. The molecule has 1 amide bonds. The zero-order valence-electron chi connectivity index (χ0n) is 7.46. The summed E-state index contributed by atoms with van der Waals surface area (Å²) in [4.78, 5) is 15.3. The average Bonchev–Trinajstić information content (AvgIpc) is 2.19. The highest BCUT2D eigenvalue weighted by Gasteiger charge is 2.04. The van der Waals surface area contributed by atoms with Crippen molar-refractivity contribution in [2.24, 2.45) is 0 Å². The van der Waals surface area contributed by atoms with Gasteiger partial charge in [-0.15, -0.1) is 0 Å². The maximum Gasteiger partial charge on any atom is 0.269 e. The predicted molar refractivity (Wildman–Crippen MR) is 60.0 cm³/mol. The second-order valence-corrected chi connectivity index (χ2v) is 3.89. The molecule has 0 atom stereocenters. The van der Waals surface area contributed by atoms with Crippen LogP contribution in [0.15, 0.2) is 18.3 Å². The first-order chi connectivity index (χ1) is 6.74. The number of carbonyl (C=O) groups is 1. The van der Waals surface area contributed by atoms with Crippen LogP contribution in [0.2, 0.25) is 5.02 Å². The van der Waals surface area contributed by atoms with Gasteiger partial charge >= 0.3 is 0 Å². The number of alkyl halides is 1. The Hall–Kier alpha value is -0.610. The molecule has 3 nitrogen and oxygen atoms in total. The number of pyridine rings is 1. The largest absolute Gasteiger partial charge is 0.351 e. The van der Waals surface area contributed by atoms with Gasteiger partial charge in [0.25, 0.3) is 5.91 Å². The van der Waals surface area contributed by atoms with Gasteiger partial charge in [-0.25, -0.2) is 4.98 Å². The number of aromatic nitrogens is 1. The highest BCUT2D eigenvalue weighted by Crippen LogP contribution is 2.05. The zero-order valence-corrected chi connectivity index (χ0v) is 9.81. The number of hydrogen-bond donors (Lipinski definition) is 1. The molecule has 0 aliphatic heterocycles. The van der Waals surface area contributed by atoms with E-state index in [1.165, 1.54) is 6.20 Å². The van der Waals surface area contributed by atoms with Crippen molar-refractivity contribution in [1.82, 2.24) is 10.3 Å². The standard InChI is InChI=1S/C9H10BrClN2O/c10-4-1-5-12-9(14)8-3-2-7(11)6-13-8/h2-3,6H,1,4-5H2,(H,12,14). The molecule has 0 bridgehead atoms. The molecule has 1 rings (SSSR count). The Labute approximate surface area is 96.0 Å². The van der Waals surface area contributed by atoms with Crippen LogP contribution in [-0.4, -0.2) is 22.8 Å². The predicted octanol–water partition coefficient (Wildman–Crippen LogP) is 2.25. The molecule has 1 aromatic rings. The van der Waals surface area contributed by atoms with E-state index >= 15 is 0 Å². The quantitative estimate of drug-likeness (QED) is 0.677. The second kappa shape index (κ2) is 5.98. The summed E-state index contributed by atoms with van der Waals surface area (Å²) in [6.45, 7) is 0.647. The molecule has 76 valence electrons. The Balaban J connectivity index is 2.48. The topological polar surface area (TPSA) is 42.0 Å². The lowest BCUT2D eigenvalue weighted by atomic mass is 10.3. The van der Waals surface area contributed by atoms with Crippen molar-refractivity contribution in [3.8, 4) is 0 Å². The zero-order chi connectivity index (χ0) is 10.4. The van der Waals surface area contributed by atoms with Crippen LogP contribution in [0.4, 0.5) is 0 Å². The number of carbonyl (C=O) groups excluding carboxylic acids is 1. The summed E-state index contributed by atoms with van der Waals surface area (Å²) in [5.41, 5.74) is 0.393. The summed E-state index contributed by atoms with van der Waals surface area (Å²) in [5.74, 6) is -0.164. The Morgan fingerprint density at radius 2 is 2.36 bits per heavy atom. The van der Waals surface area contributed by atoms with Crippen LogP contribution in [0.5, 0.6) is 0 Å². The third kappa shape index (κ3) is 3.64. The maximum atomic E-state index is 11.4. The van der Waals surface area contributed by atoms with Crippen molar-refractivity contribution in [1.29, 1.82) is 0 Å². The highest BCUT2D eigenvalue weighted by atomic mass is 79.9. The van der Waals surface area contributed by atoms with E-state index in [9.17, 15) is 4.79 Å². The van der Waals surface area contributed by atoms with Gasteiger partial charge in [-0.3, -0.25) is 4.79 Å². The van der Waals surface area contributed by atoms with E-state index in [1.54, 1.807) is 12.1 Å². The van der Waals surface area contributed by atoms with Gasteiger partial charge in [0, 0.05) is 18.1 Å². The highest BCUT2D eigenvalue weighted by molar-refractivity contribution is 9.09. The molecule has 0 saturated heterocycles. The molecule has 0 radical (unpaired) electrons. The number of rotatable bonds is 4. The fourth-order valence-electron chi connectivity index (χ4n) is 0.869. The Bertz CT molecular complexity index is 302. The van der Waals surface area contributed by atoms with E-state index in [0.717, 1.165) is 11.8 Å². The summed E-state index contributed by atoms with van der Waals surface area (Å²) in [5, 5.41) is 4.15. The van der Waals surface area contributed by atoms with Crippen molar-refractivity contribution < 1.29 is 4.79 Å². The fraction of sp³-hybridized carbons (Fsp3) is 0.333. The lowest BCUT2D eigenvalue weighted by Gasteiger charge is -2.02. The first kappa shape index (κ1) is 11.5. The van der Waals surface area contributed by atoms with Crippen LogP contribution < -0.4 is 5.32 Å². The Morgan fingerprint density at radius 1 is 1.57 bits per heavy atom. The average molecular weight is 278 g/mol. The number of amides is 1. The van der Waals surface area contributed by atoms with Crippen molar-refractivity contribution in [2.75, 3.05) is 11.9 Å². The van der Waals surface area contributed by atoms with Gasteiger partial charge in [0.15, 0.2) is 0 Å². The summed E-state index contributed by atoms with van der Waals surface area (Å²) in [7, 11) is 0. The minimum absolute atomic E-state index is 0.164. The number of nitrogens with zero attached hydrogens (tertiary/aromatic N) is 1. The molecular weight excluding hydrogens is 267 g/mol. The van der Waals surface area contributed by atoms with Crippen molar-refractivity contribution >= 4 is 33.4 Å². The summed E-state index contributed by atoms with van der Waals surface area (Å²) in [6.07, 6.45) is 2.36. The molecule has 0 aliphatic carbocycles. The SMILES string of the molecule is O=C(NCCCBr)c1ccc(Cl)cn1. The first-order valence-corrected chi connectivity index (χ1v) is 5.69. The molecule has 5 heteroatoms. The van der Waals surface area contributed by atoms with E-state index < -0.39 is 0 Å². The molecule has 1 aromatic heterocycles. The summed E-state index contributed by atoms with van der Waals surface area (Å²) >= 11 is 8.92. The van der Waals surface area contributed by atoms with Crippen molar-refractivity contribution in [3.05, 3.63) is 29.0 Å². The third-order valence-electron chi connectivity index (χ3n) is 1.56. The molecule has 0 aliphatic rings. The molecule has 0 fully saturated rings. The monoisotopic (exact) mass is 276 g/mol. The molecule has 1 heterocycles. The number of nitrogens with one attached hydrogen (secondary N) is 1. The van der Waals surface area contributed by atoms with Gasteiger partial charge in [-0.05, 0) is 18.6 Å². The van der Waals surface area contributed by atoms with Gasteiger partial charge in [0.1, 0.15) is 5.69 Å². The normalized spacial score (nSPS) is 9.86. The molecule has 0 spiro atoms. The van der Waals surface area contributed by atoms with E-state index in [2.05, 4.69) is 26.2 Å². The van der Waals surface area contributed by atoms with Crippen LogP contribution in [0, 0.1) is 0 Å². The number of hydrogen-bond acceptors (Lipinski definition) is 2. The van der Waals surface area contributed by atoms with Gasteiger partial charge in [0.2, 0.25) is 0 Å². The minimum atomic E-state index is -0.164. The van der Waals surface area contributed by atoms with Crippen LogP contribution in [0.3, 0.4) is 0 Å². The Morgan fingerprint density at radius 3 is 2.93 bits per heavy atom. The molecule has 1 N–H and O–H groups in total. The van der Waals surface area contributed by atoms with E-state index in [1.807, 2.05) is 0 Å². The molecule has 0 unspecified atom stereocenters. The van der Waals surface area contributed by atoms with E-state index in [4.69, 9.17) is 11.6 Å². The minimum Gasteiger partial charge on any atom is -0.351 e. The van der Waals surface area contributed by atoms with Gasteiger partial charge < -0.3 is 5.32 Å². The number of halogens is 2. The second-order valence-electron chi connectivity index (χ2n) is 2.66. The molecular formula is C9H10BrClN2O. The van der Waals surface area contributed by atoms with Crippen LogP contribution >= 0.6 is 27.5 Å². The first-order valence-electron chi connectivity index (χ1n) is 4.20. The summed E-state index contributed by atoms with van der Waals surface area (Å²) < 4.78 is 0. The maximum absolute atomic E-state index is 11.4. The van der Waals surface area contributed by atoms with Crippen molar-refractivity contribution in [2.45, 2.75) is 6.42 Å². The molecule has 14 heavy (non-hydrogen) atoms. The van der Waals surface area contributed by atoms with E-state index in [-0.39, 0.29) is 5.91 Å². The van der Waals surface area contributed by atoms with Gasteiger partial charge in [0.05, 0.1) is 5.02 Å². The third-order valence-corrected chi connectivity index (χ3v) is 2.34. The van der Waals surface area contributed by atoms with Gasteiger partial charge in [-0.1, -0.05) is 27.5 Å². The smallest absolute Gasteiger partial charge is 0.269 e. The summed E-state index contributed by atoms with van der Waals surface area (Å²) in [6, 6.07) is 3.25. The lowest BCUT2D eigenvalue weighted by molar-refractivity contribution is 0.0949. The van der Waals surface area contributed by atoms with Gasteiger partial charge in [-0.2, -0.15) is 0 Å². The fourth-order valence-corrected chi connectivity index (χ4v) is 1.26.